The molecule has 172 valence electrons. The van der Waals surface area contributed by atoms with Gasteiger partial charge in [-0.25, -0.2) is 0 Å². The normalized spacial score (nSPS) is 19.0. The molecule has 0 saturated carbocycles. The minimum Gasteiger partial charge on any atom is -0.354 e. The molecule has 3 aromatic rings. The lowest BCUT2D eigenvalue weighted by Crippen LogP contribution is -2.26. The van der Waals surface area contributed by atoms with Crippen LogP contribution in [0.2, 0.25) is 0 Å². The number of hydrogen-bond acceptors (Lipinski definition) is 5. The number of amides is 1. The molecule has 1 atom stereocenters. The van der Waals surface area contributed by atoms with Gasteiger partial charge in [0.25, 0.3) is 11.6 Å². The van der Waals surface area contributed by atoms with Gasteiger partial charge in [-0.2, -0.15) is 0 Å². The van der Waals surface area contributed by atoms with Crippen LogP contribution in [0.3, 0.4) is 0 Å². The maximum Gasteiger partial charge on any atom is 0.270 e. The largest absolute Gasteiger partial charge is 0.354 e. The fourth-order valence-corrected chi connectivity index (χ4v) is 4.70. The van der Waals surface area contributed by atoms with Crippen molar-refractivity contribution >= 4 is 34.2 Å². The highest BCUT2D eigenvalue weighted by molar-refractivity contribution is 6.37. The summed E-state index contributed by atoms with van der Waals surface area (Å²) in [7, 11) is 0. The number of benzene rings is 3. The topological polar surface area (TPSA) is 87.5 Å². The average Bonchev–Trinajstić information content (AvgIpc) is 3.40. The zero-order valence-electron chi connectivity index (χ0n) is 19.0. The summed E-state index contributed by atoms with van der Waals surface area (Å²) in [6.07, 6.45) is 2.49. The van der Waals surface area contributed by atoms with Crippen LogP contribution in [0, 0.1) is 10.1 Å². The third kappa shape index (κ3) is 4.30. The van der Waals surface area contributed by atoms with Gasteiger partial charge in [-0.3, -0.25) is 19.8 Å². The van der Waals surface area contributed by atoms with Gasteiger partial charge in [0.2, 0.25) is 0 Å². The molecule has 1 saturated heterocycles. The lowest BCUT2D eigenvalue weighted by atomic mass is 9.99. The van der Waals surface area contributed by atoms with Gasteiger partial charge in [0.1, 0.15) is 0 Å². The van der Waals surface area contributed by atoms with Gasteiger partial charge in [0.15, 0.2) is 0 Å². The van der Waals surface area contributed by atoms with Gasteiger partial charge in [-0.05, 0) is 55.6 Å². The molecule has 1 amide bonds. The van der Waals surface area contributed by atoms with E-state index in [2.05, 4.69) is 34.6 Å². The molecule has 2 aliphatic rings. The highest BCUT2D eigenvalue weighted by Crippen LogP contribution is 2.39. The van der Waals surface area contributed by atoms with Crippen molar-refractivity contribution in [3.8, 4) is 0 Å². The highest BCUT2D eigenvalue weighted by atomic mass is 16.6. The molecule has 34 heavy (non-hydrogen) atoms. The first-order valence-electron chi connectivity index (χ1n) is 11.5. The SMILES string of the molecule is CC1CCCN1Cc1ccc(NC(=C2C(=O)Nc3ccc([N+](=O)[O-])cc32)c2ccccc2)cc1. The molecule has 2 aliphatic heterocycles. The number of carbonyl (C=O) groups excluding carboxylic acids is 1. The van der Waals surface area contributed by atoms with Gasteiger partial charge in [0.05, 0.1) is 16.2 Å². The van der Waals surface area contributed by atoms with Crippen molar-refractivity contribution in [2.75, 3.05) is 17.2 Å². The van der Waals surface area contributed by atoms with Crippen LogP contribution >= 0.6 is 0 Å². The molecular formula is C27H26N4O3. The summed E-state index contributed by atoms with van der Waals surface area (Å²) >= 11 is 0. The lowest BCUT2D eigenvalue weighted by molar-refractivity contribution is -0.384. The Morgan fingerprint density at radius 2 is 1.88 bits per heavy atom. The van der Waals surface area contributed by atoms with E-state index in [4.69, 9.17) is 0 Å². The van der Waals surface area contributed by atoms with E-state index in [1.54, 1.807) is 6.07 Å². The number of anilines is 2. The van der Waals surface area contributed by atoms with Crippen molar-refractivity contribution in [3.05, 3.63) is 99.6 Å². The second-order valence-corrected chi connectivity index (χ2v) is 8.84. The van der Waals surface area contributed by atoms with Gasteiger partial charge in [-0.15, -0.1) is 0 Å². The van der Waals surface area contributed by atoms with E-state index in [0.717, 1.165) is 24.3 Å². The molecule has 2 heterocycles. The molecule has 0 radical (unpaired) electrons. The molecule has 5 rings (SSSR count). The number of likely N-dealkylation sites (tertiary alicyclic amines) is 1. The van der Waals surface area contributed by atoms with E-state index in [-0.39, 0.29) is 11.6 Å². The van der Waals surface area contributed by atoms with E-state index >= 15 is 0 Å². The summed E-state index contributed by atoms with van der Waals surface area (Å²) in [5, 5.41) is 17.6. The van der Waals surface area contributed by atoms with E-state index < -0.39 is 4.92 Å². The van der Waals surface area contributed by atoms with Crippen molar-refractivity contribution in [3.63, 3.8) is 0 Å². The maximum absolute atomic E-state index is 13.0. The smallest absolute Gasteiger partial charge is 0.270 e. The molecule has 1 fully saturated rings. The van der Waals surface area contributed by atoms with Crippen LogP contribution in [0.4, 0.5) is 17.1 Å². The number of nitro benzene ring substituents is 1. The first-order valence-corrected chi connectivity index (χ1v) is 11.5. The zero-order valence-corrected chi connectivity index (χ0v) is 19.0. The second-order valence-electron chi connectivity index (χ2n) is 8.84. The van der Waals surface area contributed by atoms with E-state index in [1.165, 1.54) is 30.5 Å². The molecule has 0 aromatic heterocycles. The van der Waals surface area contributed by atoms with Crippen LogP contribution in [-0.2, 0) is 11.3 Å². The quantitative estimate of drug-likeness (QED) is 0.291. The second kappa shape index (κ2) is 9.11. The van der Waals surface area contributed by atoms with Crippen LogP contribution in [-0.4, -0.2) is 28.3 Å². The number of rotatable bonds is 6. The fraction of sp³-hybridized carbons (Fsp3) is 0.222. The van der Waals surface area contributed by atoms with Gasteiger partial charge >= 0.3 is 0 Å². The Balaban J connectivity index is 1.51. The first kappa shape index (κ1) is 21.9. The van der Waals surface area contributed by atoms with Crippen molar-refractivity contribution in [2.45, 2.75) is 32.4 Å². The molecule has 7 nitrogen and oxygen atoms in total. The lowest BCUT2D eigenvalue weighted by Gasteiger charge is -2.21. The van der Waals surface area contributed by atoms with Crippen molar-refractivity contribution in [2.24, 2.45) is 0 Å². The minimum atomic E-state index is -0.448. The number of fused-ring (bicyclic) bond motifs is 1. The van der Waals surface area contributed by atoms with Crippen molar-refractivity contribution in [1.82, 2.24) is 4.90 Å². The van der Waals surface area contributed by atoms with Gasteiger partial charge in [0, 0.05) is 41.7 Å². The zero-order chi connectivity index (χ0) is 23.7. The number of carbonyl (C=O) groups is 1. The van der Waals surface area contributed by atoms with Crippen LogP contribution in [0.5, 0.6) is 0 Å². The Labute approximate surface area is 198 Å². The highest BCUT2D eigenvalue weighted by Gasteiger charge is 2.30. The third-order valence-corrected chi connectivity index (χ3v) is 6.57. The Hall–Kier alpha value is -3.97. The molecule has 0 bridgehead atoms. The summed E-state index contributed by atoms with van der Waals surface area (Å²) in [4.78, 5) is 26.4. The number of hydrogen-bond donors (Lipinski definition) is 2. The van der Waals surface area contributed by atoms with E-state index in [0.29, 0.717) is 28.6 Å². The van der Waals surface area contributed by atoms with Crippen molar-refractivity contribution in [1.29, 1.82) is 0 Å². The monoisotopic (exact) mass is 454 g/mol. The third-order valence-electron chi connectivity index (χ3n) is 6.57. The van der Waals surface area contributed by atoms with Crippen LogP contribution in [0.25, 0.3) is 11.3 Å². The Morgan fingerprint density at radius 3 is 2.56 bits per heavy atom. The van der Waals surface area contributed by atoms with E-state index in [1.807, 2.05) is 42.5 Å². The first-order chi connectivity index (χ1) is 16.5. The summed E-state index contributed by atoms with van der Waals surface area (Å²) in [6.45, 7) is 4.33. The summed E-state index contributed by atoms with van der Waals surface area (Å²) < 4.78 is 0. The van der Waals surface area contributed by atoms with Gasteiger partial charge in [-0.1, -0.05) is 42.5 Å². The van der Waals surface area contributed by atoms with Crippen LogP contribution in [0.1, 0.15) is 36.5 Å². The molecule has 7 heteroatoms. The summed E-state index contributed by atoms with van der Waals surface area (Å²) in [5.41, 5.74) is 4.94. The van der Waals surface area contributed by atoms with Crippen LogP contribution in [0.15, 0.2) is 72.8 Å². The molecule has 2 N–H and O–H groups in total. The maximum atomic E-state index is 13.0. The molecule has 1 unspecified atom stereocenters. The Morgan fingerprint density at radius 1 is 1.12 bits per heavy atom. The summed E-state index contributed by atoms with van der Waals surface area (Å²) in [5.74, 6) is -0.290. The predicted molar refractivity (Wildman–Crippen MR) is 134 cm³/mol. The standard InChI is InChI=1S/C27H26N4O3/c1-18-6-5-15-30(18)17-19-9-11-21(12-10-19)28-26(20-7-3-2-4-8-20)25-23-16-22(31(33)34)13-14-24(23)29-27(25)32/h2-4,7-14,16,18,28H,5-6,15,17H2,1H3,(H,29,32). The number of nitrogens with zero attached hydrogens (tertiary/aromatic N) is 2. The number of nitro groups is 1. The molecule has 0 aliphatic carbocycles. The van der Waals surface area contributed by atoms with Gasteiger partial charge < -0.3 is 10.6 Å². The van der Waals surface area contributed by atoms with Crippen LogP contribution < -0.4 is 10.6 Å². The number of non-ortho nitro benzene ring substituents is 1. The molecule has 3 aromatic carbocycles. The minimum absolute atomic E-state index is 0.0549. The average molecular weight is 455 g/mol. The Bertz CT molecular complexity index is 1270. The van der Waals surface area contributed by atoms with E-state index in [9.17, 15) is 14.9 Å². The Kier molecular flexibility index (Phi) is 5.86. The summed E-state index contributed by atoms with van der Waals surface area (Å²) in [6, 6.07) is 22.8. The predicted octanol–water partition coefficient (Wildman–Crippen LogP) is 5.51. The van der Waals surface area contributed by atoms with Crippen molar-refractivity contribution < 1.29 is 9.72 Å². The molecule has 0 spiro atoms. The number of nitrogens with one attached hydrogen (secondary N) is 2. The fourth-order valence-electron chi connectivity index (χ4n) is 4.70. The molecular weight excluding hydrogens is 428 g/mol.